The summed E-state index contributed by atoms with van der Waals surface area (Å²) in [6.07, 6.45) is -1.38. The Hall–Kier alpha value is -1.51. The number of sulfonamides is 1. The number of halogens is 3. The molecule has 1 heterocycles. The molecule has 0 atom stereocenters. The SMILES string of the molecule is CS(=O)(=O)Nc1ncc(OC2CC2)cc1C(F)(F)F. The Morgan fingerprint density at radius 3 is 2.53 bits per heavy atom. The van der Waals surface area contributed by atoms with Crippen LogP contribution in [-0.2, 0) is 16.2 Å². The van der Waals surface area contributed by atoms with Crippen molar-refractivity contribution in [1.29, 1.82) is 0 Å². The molecule has 2 rings (SSSR count). The summed E-state index contributed by atoms with van der Waals surface area (Å²) in [6, 6.07) is 0.749. The van der Waals surface area contributed by atoms with Crippen LogP contribution in [0.25, 0.3) is 0 Å². The maximum atomic E-state index is 12.8. The van der Waals surface area contributed by atoms with Crippen LogP contribution in [0.2, 0.25) is 0 Å². The smallest absolute Gasteiger partial charge is 0.420 e. The van der Waals surface area contributed by atoms with Crippen molar-refractivity contribution in [1.82, 2.24) is 4.98 Å². The van der Waals surface area contributed by atoms with Crippen molar-refractivity contribution in [3.8, 4) is 5.75 Å². The number of aromatic nitrogens is 1. The molecular formula is C10H11F3N2O3S. The van der Waals surface area contributed by atoms with Gasteiger partial charge in [0.1, 0.15) is 11.3 Å². The fourth-order valence-electron chi connectivity index (χ4n) is 1.36. The quantitative estimate of drug-likeness (QED) is 0.923. The second-order valence-electron chi connectivity index (χ2n) is 4.26. The zero-order valence-electron chi connectivity index (χ0n) is 9.86. The third-order valence-electron chi connectivity index (χ3n) is 2.28. The molecule has 0 bridgehead atoms. The van der Waals surface area contributed by atoms with Crippen LogP contribution in [-0.4, -0.2) is 25.8 Å². The summed E-state index contributed by atoms with van der Waals surface area (Å²) >= 11 is 0. The number of hydrogen-bond donors (Lipinski definition) is 1. The van der Waals surface area contributed by atoms with Gasteiger partial charge in [-0.1, -0.05) is 0 Å². The van der Waals surface area contributed by atoms with Gasteiger partial charge in [0.2, 0.25) is 10.0 Å². The van der Waals surface area contributed by atoms with Gasteiger partial charge in [0, 0.05) is 0 Å². The second-order valence-corrected chi connectivity index (χ2v) is 6.00. The lowest BCUT2D eigenvalue weighted by Crippen LogP contribution is -2.17. The first-order chi connectivity index (χ1) is 8.65. The van der Waals surface area contributed by atoms with Gasteiger partial charge in [-0.25, -0.2) is 13.4 Å². The van der Waals surface area contributed by atoms with Crippen molar-refractivity contribution in [2.45, 2.75) is 25.1 Å². The highest BCUT2D eigenvalue weighted by molar-refractivity contribution is 7.92. The van der Waals surface area contributed by atoms with Gasteiger partial charge in [-0.15, -0.1) is 0 Å². The zero-order chi connectivity index (χ0) is 14.3. The molecule has 1 N–H and O–H groups in total. The van der Waals surface area contributed by atoms with E-state index in [1.807, 2.05) is 0 Å². The lowest BCUT2D eigenvalue weighted by Gasteiger charge is -2.14. The van der Waals surface area contributed by atoms with Crippen LogP contribution in [0.1, 0.15) is 18.4 Å². The number of pyridine rings is 1. The summed E-state index contributed by atoms with van der Waals surface area (Å²) in [5, 5.41) is 0. The molecule has 106 valence electrons. The number of ether oxygens (including phenoxy) is 1. The average molecular weight is 296 g/mol. The van der Waals surface area contributed by atoms with Crippen molar-refractivity contribution in [3.05, 3.63) is 17.8 Å². The number of nitrogens with one attached hydrogen (secondary N) is 1. The topological polar surface area (TPSA) is 68.3 Å². The number of alkyl halides is 3. The van der Waals surface area contributed by atoms with Crippen molar-refractivity contribution in [3.63, 3.8) is 0 Å². The molecule has 19 heavy (non-hydrogen) atoms. The van der Waals surface area contributed by atoms with E-state index in [2.05, 4.69) is 4.98 Å². The Morgan fingerprint density at radius 2 is 2.05 bits per heavy atom. The Morgan fingerprint density at radius 1 is 1.42 bits per heavy atom. The van der Waals surface area contributed by atoms with Crippen molar-refractivity contribution >= 4 is 15.8 Å². The summed E-state index contributed by atoms with van der Waals surface area (Å²) in [7, 11) is -3.84. The van der Waals surface area contributed by atoms with Gasteiger partial charge < -0.3 is 4.74 Å². The van der Waals surface area contributed by atoms with E-state index in [-0.39, 0.29) is 11.9 Å². The Bertz CT molecular complexity index is 582. The summed E-state index contributed by atoms with van der Waals surface area (Å²) in [4.78, 5) is 3.48. The van der Waals surface area contributed by atoms with Gasteiger partial charge in [-0.3, -0.25) is 4.72 Å². The normalized spacial score (nSPS) is 16.2. The van der Waals surface area contributed by atoms with Crippen LogP contribution in [0.5, 0.6) is 5.75 Å². The van der Waals surface area contributed by atoms with Crippen molar-refractivity contribution < 1.29 is 26.3 Å². The predicted molar refractivity (Wildman–Crippen MR) is 61.4 cm³/mol. The van der Waals surface area contributed by atoms with E-state index in [1.165, 1.54) is 0 Å². The van der Waals surface area contributed by atoms with Gasteiger partial charge in [-0.05, 0) is 18.9 Å². The van der Waals surface area contributed by atoms with E-state index in [0.29, 0.717) is 0 Å². The van der Waals surface area contributed by atoms with Crippen molar-refractivity contribution in [2.24, 2.45) is 0 Å². The van der Waals surface area contributed by atoms with Crippen LogP contribution < -0.4 is 9.46 Å². The van der Waals surface area contributed by atoms with Gasteiger partial charge >= 0.3 is 6.18 Å². The van der Waals surface area contributed by atoms with E-state index in [9.17, 15) is 21.6 Å². The van der Waals surface area contributed by atoms with Crippen LogP contribution in [0.15, 0.2) is 12.3 Å². The third kappa shape index (κ3) is 3.98. The standard InChI is InChI=1S/C10H11F3N2O3S/c1-19(16,17)15-9-8(10(11,12)13)4-7(5-14-9)18-6-2-3-6/h4-6H,2-3H2,1H3,(H,14,15). The highest BCUT2D eigenvalue weighted by atomic mass is 32.2. The maximum absolute atomic E-state index is 12.8. The first-order valence-corrected chi connectivity index (χ1v) is 7.26. The molecule has 0 radical (unpaired) electrons. The van der Waals surface area contributed by atoms with Gasteiger partial charge in [0.05, 0.1) is 18.6 Å². The minimum atomic E-state index is -4.72. The van der Waals surface area contributed by atoms with Crippen LogP contribution >= 0.6 is 0 Å². The summed E-state index contributed by atoms with van der Waals surface area (Å²) in [6.45, 7) is 0. The third-order valence-corrected chi connectivity index (χ3v) is 2.84. The van der Waals surface area contributed by atoms with E-state index in [4.69, 9.17) is 4.74 Å². The summed E-state index contributed by atoms with van der Waals surface area (Å²) in [5.74, 6) is -0.771. The minimum absolute atomic E-state index is 0.0196. The molecule has 1 fully saturated rings. The van der Waals surface area contributed by atoms with E-state index < -0.39 is 27.6 Å². The zero-order valence-corrected chi connectivity index (χ0v) is 10.7. The number of anilines is 1. The largest absolute Gasteiger partial charge is 0.489 e. The molecule has 1 aromatic rings. The minimum Gasteiger partial charge on any atom is -0.489 e. The van der Waals surface area contributed by atoms with Crippen molar-refractivity contribution in [2.75, 3.05) is 11.0 Å². The molecule has 0 saturated heterocycles. The Kier molecular flexibility index (Phi) is 3.33. The molecule has 0 spiro atoms. The molecule has 0 amide bonds. The molecule has 1 aromatic heterocycles. The predicted octanol–water partition coefficient (Wildman–Crippen LogP) is 2.01. The molecular weight excluding hydrogens is 285 g/mol. The van der Waals surface area contributed by atoms with Crippen LogP contribution in [0, 0.1) is 0 Å². The molecule has 5 nitrogen and oxygen atoms in total. The van der Waals surface area contributed by atoms with E-state index in [1.54, 1.807) is 4.72 Å². The van der Waals surface area contributed by atoms with Gasteiger partial charge in [0.15, 0.2) is 5.82 Å². The van der Waals surface area contributed by atoms with E-state index in [0.717, 1.165) is 31.4 Å². The lowest BCUT2D eigenvalue weighted by molar-refractivity contribution is -0.137. The lowest BCUT2D eigenvalue weighted by atomic mass is 10.2. The number of nitrogens with zero attached hydrogens (tertiary/aromatic N) is 1. The Balaban J connectivity index is 2.36. The first-order valence-electron chi connectivity index (χ1n) is 5.37. The molecule has 9 heteroatoms. The van der Waals surface area contributed by atoms with Gasteiger partial charge in [0.25, 0.3) is 0 Å². The highest BCUT2D eigenvalue weighted by Gasteiger charge is 2.36. The monoisotopic (exact) mass is 296 g/mol. The number of rotatable bonds is 4. The maximum Gasteiger partial charge on any atom is 0.420 e. The molecule has 1 saturated carbocycles. The number of hydrogen-bond acceptors (Lipinski definition) is 4. The molecule has 1 aliphatic rings. The first kappa shape index (κ1) is 13.9. The average Bonchev–Trinajstić information content (AvgIpc) is 3.00. The molecule has 1 aliphatic carbocycles. The summed E-state index contributed by atoms with van der Waals surface area (Å²) in [5.41, 5.74) is -1.17. The molecule has 0 aromatic carbocycles. The van der Waals surface area contributed by atoms with Crippen LogP contribution in [0.4, 0.5) is 19.0 Å². The molecule has 0 unspecified atom stereocenters. The molecule has 0 aliphatic heterocycles. The Labute approximate surface area is 107 Å². The fourth-order valence-corrected chi connectivity index (χ4v) is 1.88. The fraction of sp³-hybridized carbons (Fsp3) is 0.500. The van der Waals surface area contributed by atoms with Gasteiger partial charge in [-0.2, -0.15) is 13.2 Å². The van der Waals surface area contributed by atoms with Crippen LogP contribution in [0.3, 0.4) is 0 Å². The van der Waals surface area contributed by atoms with E-state index >= 15 is 0 Å². The summed E-state index contributed by atoms with van der Waals surface area (Å²) < 4.78 is 67.4. The highest BCUT2D eigenvalue weighted by Crippen LogP contribution is 2.37. The second kappa shape index (κ2) is 4.55.